The molecule has 0 bridgehead atoms. The zero-order valence-electron chi connectivity index (χ0n) is 15.1. The molecule has 0 radical (unpaired) electrons. The normalized spacial score (nSPS) is 10.8. The molecule has 0 saturated heterocycles. The van der Waals surface area contributed by atoms with Crippen LogP contribution in [0.15, 0.2) is 47.7 Å². The van der Waals surface area contributed by atoms with Gasteiger partial charge in [0, 0.05) is 22.8 Å². The average Bonchev–Trinajstić information content (AvgIpc) is 3.15. The van der Waals surface area contributed by atoms with Crippen molar-refractivity contribution in [3.8, 4) is 34.3 Å². The molecule has 2 aromatic carbocycles. The maximum Gasteiger partial charge on any atom is 0.271 e. The first kappa shape index (κ1) is 18.8. The van der Waals surface area contributed by atoms with E-state index in [4.69, 9.17) is 9.47 Å². The molecule has 0 aliphatic carbocycles. The summed E-state index contributed by atoms with van der Waals surface area (Å²) in [7, 11) is 3.10. The molecule has 3 rings (SSSR count). The molecular weight excluding hydrogens is 364 g/mol. The molecule has 28 heavy (non-hydrogen) atoms. The average molecular weight is 382 g/mol. The first-order chi connectivity index (χ1) is 13.5. The van der Waals surface area contributed by atoms with E-state index in [-0.39, 0.29) is 17.1 Å². The third kappa shape index (κ3) is 4.04. The van der Waals surface area contributed by atoms with Gasteiger partial charge in [-0.3, -0.25) is 9.89 Å². The first-order valence-corrected chi connectivity index (χ1v) is 8.14. The largest absolute Gasteiger partial charge is 0.508 e. The van der Waals surface area contributed by atoms with Crippen LogP contribution in [0.5, 0.6) is 23.0 Å². The number of hydrogen-bond donors (Lipinski definition) is 4. The summed E-state index contributed by atoms with van der Waals surface area (Å²) in [5.41, 5.74) is 4.50. The number of methoxy groups -OCH3 is 2. The number of phenolic OH excluding ortho intramolecular Hbond substituents is 2. The van der Waals surface area contributed by atoms with Gasteiger partial charge in [-0.2, -0.15) is 10.2 Å². The van der Waals surface area contributed by atoms with E-state index in [1.165, 1.54) is 18.3 Å². The van der Waals surface area contributed by atoms with Crippen LogP contribution in [0.2, 0.25) is 0 Å². The molecule has 1 aromatic heterocycles. The molecule has 4 N–H and O–H groups in total. The van der Waals surface area contributed by atoms with E-state index >= 15 is 0 Å². The molecule has 0 unspecified atom stereocenters. The number of nitrogens with one attached hydrogen (secondary N) is 2. The summed E-state index contributed by atoms with van der Waals surface area (Å²) in [6, 6.07) is 8.96. The van der Waals surface area contributed by atoms with Crippen LogP contribution in [0.1, 0.15) is 15.9 Å². The molecule has 0 spiro atoms. The minimum absolute atomic E-state index is 0.0713. The highest BCUT2D eigenvalue weighted by molar-refractivity contribution is 5.96. The molecule has 0 aliphatic heterocycles. The first-order valence-electron chi connectivity index (χ1n) is 8.14. The summed E-state index contributed by atoms with van der Waals surface area (Å²) in [4.78, 5) is 12.1. The van der Waals surface area contributed by atoms with Gasteiger partial charge < -0.3 is 19.7 Å². The highest BCUT2D eigenvalue weighted by Gasteiger charge is 2.11. The second kappa shape index (κ2) is 8.12. The van der Waals surface area contributed by atoms with Crippen LogP contribution in [0, 0.1) is 0 Å². The Morgan fingerprint density at radius 1 is 1.11 bits per heavy atom. The number of amides is 1. The SMILES string of the molecule is COc1ccc(-c2[nH]ncc2/C=N\NC(=O)c2cc(O)cc(O)c2)cc1OC. The van der Waals surface area contributed by atoms with E-state index in [1.807, 2.05) is 6.07 Å². The summed E-state index contributed by atoms with van der Waals surface area (Å²) < 4.78 is 10.5. The number of aromatic amines is 1. The third-order valence-electron chi connectivity index (χ3n) is 3.88. The summed E-state index contributed by atoms with van der Waals surface area (Å²) in [6.07, 6.45) is 2.98. The van der Waals surface area contributed by atoms with E-state index in [0.717, 1.165) is 11.6 Å². The number of ether oxygens (including phenoxy) is 2. The van der Waals surface area contributed by atoms with Crippen molar-refractivity contribution in [2.24, 2.45) is 5.10 Å². The van der Waals surface area contributed by atoms with E-state index in [1.54, 1.807) is 32.5 Å². The number of H-pyrrole nitrogens is 1. The minimum atomic E-state index is -0.585. The van der Waals surface area contributed by atoms with Gasteiger partial charge in [-0.05, 0) is 30.3 Å². The summed E-state index contributed by atoms with van der Waals surface area (Å²) in [6.45, 7) is 0. The van der Waals surface area contributed by atoms with Crippen molar-refractivity contribution in [3.63, 3.8) is 0 Å². The Labute approximate surface area is 160 Å². The second-order valence-corrected chi connectivity index (χ2v) is 5.71. The Hall–Kier alpha value is -4.01. The molecule has 9 heteroatoms. The van der Waals surface area contributed by atoms with Gasteiger partial charge in [0.2, 0.25) is 0 Å². The van der Waals surface area contributed by atoms with Crippen molar-refractivity contribution in [2.45, 2.75) is 0 Å². The van der Waals surface area contributed by atoms with Crippen LogP contribution >= 0.6 is 0 Å². The lowest BCUT2D eigenvalue weighted by molar-refractivity contribution is 0.0954. The van der Waals surface area contributed by atoms with Gasteiger partial charge in [0.15, 0.2) is 11.5 Å². The molecule has 3 aromatic rings. The number of aromatic hydroxyl groups is 2. The number of rotatable bonds is 6. The Balaban J connectivity index is 1.78. The van der Waals surface area contributed by atoms with E-state index in [2.05, 4.69) is 20.7 Å². The van der Waals surface area contributed by atoms with Crippen molar-refractivity contribution in [1.29, 1.82) is 0 Å². The lowest BCUT2D eigenvalue weighted by atomic mass is 10.1. The van der Waals surface area contributed by atoms with Gasteiger partial charge in [-0.25, -0.2) is 5.43 Å². The predicted molar refractivity (Wildman–Crippen MR) is 102 cm³/mol. The van der Waals surface area contributed by atoms with E-state index in [9.17, 15) is 15.0 Å². The van der Waals surface area contributed by atoms with Crippen molar-refractivity contribution < 1.29 is 24.5 Å². The number of nitrogens with zero attached hydrogens (tertiary/aromatic N) is 2. The number of carbonyl (C=O) groups is 1. The third-order valence-corrected chi connectivity index (χ3v) is 3.88. The molecule has 1 heterocycles. The highest BCUT2D eigenvalue weighted by atomic mass is 16.5. The summed E-state index contributed by atoms with van der Waals surface area (Å²) >= 11 is 0. The Morgan fingerprint density at radius 2 is 1.82 bits per heavy atom. The van der Waals surface area contributed by atoms with Crippen LogP contribution in [0.3, 0.4) is 0 Å². The van der Waals surface area contributed by atoms with Crippen molar-refractivity contribution in [2.75, 3.05) is 14.2 Å². The van der Waals surface area contributed by atoms with Crippen LogP contribution in [-0.4, -0.2) is 46.8 Å². The molecule has 9 nitrogen and oxygen atoms in total. The van der Waals surface area contributed by atoms with E-state index < -0.39 is 5.91 Å². The molecule has 0 fully saturated rings. The smallest absolute Gasteiger partial charge is 0.271 e. The number of benzene rings is 2. The van der Waals surface area contributed by atoms with Gasteiger partial charge in [0.25, 0.3) is 5.91 Å². The van der Waals surface area contributed by atoms with Gasteiger partial charge in [-0.1, -0.05) is 0 Å². The monoisotopic (exact) mass is 382 g/mol. The fourth-order valence-electron chi connectivity index (χ4n) is 2.57. The van der Waals surface area contributed by atoms with Crippen molar-refractivity contribution >= 4 is 12.1 Å². The summed E-state index contributed by atoms with van der Waals surface area (Å²) in [5, 5.41) is 29.7. The zero-order valence-corrected chi connectivity index (χ0v) is 15.1. The quantitative estimate of drug-likeness (QED) is 0.382. The van der Waals surface area contributed by atoms with Gasteiger partial charge in [-0.15, -0.1) is 0 Å². The Kier molecular flexibility index (Phi) is 5.45. The van der Waals surface area contributed by atoms with Gasteiger partial charge in [0.1, 0.15) is 11.5 Å². The van der Waals surface area contributed by atoms with Gasteiger partial charge in [0.05, 0.1) is 32.3 Å². The van der Waals surface area contributed by atoms with Crippen molar-refractivity contribution in [3.05, 3.63) is 53.7 Å². The zero-order chi connectivity index (χ0) is 20.1. The number of phenols is 2. The Morgan fingerprint density at radius 3 is 2.50 bits per heavy atom. The number of hydrazone groups is 1. The minimum Gasteiger partial charge on any atom is -0.508 e. The Bertz CT molecular complexity index is 1010. The molecule has 0 atom stereocenters. The molecule has 144 valence electrons. The molecule has 0 saturated carbocycles. The lowest BCUT2D eigenvalue weighted by Crippen LogP contribution is -2.17. The van der Waals surface area contributed by atoms with Crippen LogP contribution in [-0.2, 0) is 0 Å². The summed E-state index contributed by atoms with van der Waals surface area (Å²) in [5.74, 6) is 0.134. The van der Waals surface area contributed by atoms with Crippen LogP contribution < -0.4 is 14.9 Å². The van der Waals surface area contributed by atoms with Crippen LogP contribution in [0.4, 0.5) is 0 Å². The molecular formula is C19H18N4O5. The fourth-order valence-corrected chi connectivity index (χ4v) is 2.57. The van der Waals surface area contributed by atoms with Gasteiger partial charge >= 0.3 is 0 Å². The second-order valence-electron chi connectivity index (χ2n) is 5.71. The number of carbonyl (C=O) groups excluding carboxylic acids is 1. The fraction of sp³-hybridized carbons (Fsp3) is 0.105. The molecule has 0 aliphatic rings. The van der Waals surface area contributed by atoms with Crippen molar-refractivity contribution in [1.82, 2.24) is 15.6 Å². The van der Waals surface area contributed by atoms with Crippen LogP contribution in [0.25, 0.3) is 11.3 Å². The lowest BCUT2D eigenvalue weighted by Gasteiger charge is -2.09. The maximum absolute atomic E-state index is 12.1. The standard InChI is InChI=1S/C19H18N4O5/c1-27-16-4-3-11(7-17(16)28-2)18-13(9-20-22-18)10-21-23-19(26)12-5-14(24)8-15(25)6-12/h3-10,24-25H,1-2H3,(H,20,22)(H,23,26)/b21-10-. The maximum atomic E-state index is 12.1. The number of aromatic nitrogens is 2. The number of hydrogen-bond acceptors (Lipinski definition) is 7. The molecule has 1 amide bonds. The highest BCUT2D eigenvalue weighted by Crippen LogP contribution is 2.32. The predicted octanol–water partition coefficient (Wildman–Crippen LogP) is 2.27. The topological polar surface area (TPSA) is 129 Å². The van der Waals surface area contributed by atoms with E-state index in [0.29, 0.717) is 22.8 Å².